The van der Waals surface area contributed by atoms with Crippen LogP contribution in [-0.4, -0.2) is 38.4 Å². The summed E-state index contributed by atoms with van der Waals surface area (Å²) in [4.78, 5) is 23.8. The zero-order chi connectivity index (χ0) is 16.4. The number of aromatic nitrogens is 3. The van der Waals surface area contributed by atoms with Crippen molar-refractivity contribution in [2.24, 2.45) is 0 Å². The van der Waals surface area contributed by atoms with Crippen molar-refractivity contribution in [2.75, 3.05) is 13.1 Å². The molecule has 0 aliphatic carbocycles. The van der Waals surface area contributed by atoms with Gasteiger partial charge in [-0.25, -0.2) is 4.98 Å². The molecule has 5 heteroatoms. The predicted octanol–water partition coefficient (Wildman–Crippen LogP) is 3.11. The van der Waals surface area contributed by atoms with Gasteiger partial charge < -0.3 is 9.47 Å². The van der Waals surface area contributed by atoms with Crippen LogP contribution in [0.5, 0.6) is 0 Å². The molecule has 1 amide bonds. The number of hydrogen-bond donors (Lipinski definition) is 0. The first-order chi connectivity index (χ1) is 11.8. The van der Waals surface area contributed by atoms with Crippen molar-refractivity contribution in [3.8, 4) is 11.5 Å². The maximum atomic E-state index is 12.7. The zero-order valence-corrected chi connectivity index (χ0v) is 13.6. The normalized spacial score (nSPS) is 14.9. The van der Waals surface area contributed by atoms with Gasteiger partial charge in [-0.15, -0.1) is 0 Å². The molecule has 4 rings (SSSR count). The van der Waals surface area contributed by atoms with Gasteiger partial charge >= 0.3 is 0 Å². The Morgan fingerprint density at radius 2 is 1.79 bits per heavy atom. The van der Waals surface area contributed by atoms with E-state index in [9.17, 15) is 4.79 Å². The molecule has 1 saturated heterocycles. The van der Waals surface area contributed by atoms with Crippen LogP contribution in [0.3, 0.4) is 0 Å². The molecule has 0 atom stereocenters. The SMILES string of the molecule is O=C(Cn1c(-c2ccccn2)nc2ccccc21)N1CCCCC1. The van der Waals surface area contributed by atoms with E-state index >= 15 is 0 Å². The van der Waals surface area contributed by atoms with E-state index in [4.69, 9.17) is 4.98 Å². The van der Waals surface area contributed by atoms with Crippen LogP contribution < -0.4 is 0 Å². The number of carbonyl (C=O) groups excluding carboxylic acids is 1. The molecule has 0 saturated carbocycles. The van der Waals surface area contributed by atoms with Crippen LogP contribution in [0, 0.1) is 0 Å². The number of pyridine rings is 1. The average Bonchev–Trinajstić information content (AvgIpc) is 3.02. The van der Waals surface area contributed by atoms with E-state index in [1.165, 1.54) is 6.42 Å². The molecule has 0 N–H and O–H groups in total. The molecular formula is C19H20N4O. The van der Waals surface area contributed by atoms with Crippen LogP contribution in [0.1, 0.15) is 19.3 Å². The van der Waals surface area contributed by atoms with Crippen LogP contribution in [0.4, 0.5) is 0 Å². The Labute approximate surface area is 140 Å². The largest absolute Gasteiger partial charge is 0.341 e. The average molecular weight is 320 g/mol. The maximum absolute atomic E-state index is 12.7. The number of para-hydroxylation sites is 2. The third-order valence-electron chi connectivity index (χ3n) is 4.55. The summed E-state index contributed by atoms with van der Waals surface area (Å²) in [6.07, 6.45) is 5.18. The summed E-state index contributed by atoms with van der Waals surface area (Å²) in [5.41, 5.74) is 2.66. The first-order valence-electron chi connectivity index (χ1n) is 8.47. The lowest BCUT2D eigenvalue weighted by Crippen LogP contribution is -2.37. The summed E-state index contributed by atoms with van der Waals surface area (Å²) in [7, 11) is 0. The first-order valence-corrected chi connectivity index (χ1v) is 8.47. The van der Waals surface area contributed by atoms with Crippen molar-refractivity contribution in [3.05, 3.63) is 48.7 Å². The highest BCUT2D eigenvalue weighted by molar-refractivity contribution is 5.84. The van der Waals surface area contributed by atoms with Gasteiger partial charge in [-0.05, 0) is 43.5 Å². The Morgan fingerprint density at radius 3 is 2.58 bits per heavy atom. The first kappa shape index (κ1) is 14.9. The zero-order valence-electron chi connectivity index (χ0n) is 13.6. The summed E-state index contributed by atoms with van der Waals surface area (Å²) in [5, 5.41) is 0. The van der Waals surface area contributed by atoms with Crippen molar-refractivity contribution in [1.29, 1.82) is 0 Å². The van der Waals surface area contributed by atoms with Gasteiger partial charge in [-0.3, -0.25) is 9.78 Å². The van der Waals surface area contributed by atoms with Gasteiger partial charge in [0.25, 0.3) is 0 Å². The molecule has 0 spiro atoms. The van der Waals surface area contributed by atoms with Gasteiger partial charge in [0.15, 0.2) is 5.82 Å². The topological polar surface area (TPSA) is 51.0 Å². The highest BCUT2D eigenvalue weighted by Gasteiger charge is 2.20. The quantitative estimate of drug-likeness (QED) is 0.745. The monoisotopic (exact) mass is 320 g/mol. The number of hydrogen-bond acceptors (Lipinski definition) is 3. The maximum Gasteiger partial charge on any atom is 0.242 e. The highest BCUT2D eigenvalue weighted by atomic mass is 16.2. The Morgan fingerprint density at radius 1 is 1.00 bits per heavy atom. The van der Waals surface area contributed by atoms with Crippen molar-refractivity contribution in [1.82, 2.24) is 19.4 Å². The summed E-state index contributed by atoms with van der Waals surface area (Å²) in [5.74, 6) is 0.914. The Balaban J connectivity index is 1.74. The molecule has 1 aliphatic heterocycles. The predicted molar refractivity (Wildman–Crippen MR) is 93.4 cm³/mol. The molecule has 1 aromatic carbocycles. The number of imidazole rings is 1. The molecular weight excluding hydrogens is 300 g/mol. The highest BCUT2D eigenvalue weighted by Crippen LogP contribution is 2.23. The number of rotatable bonds is 3. The van der Waals surface area contributed by atoms with Crippen molar-refractivity contribution in [2.45, 2.75) is 25.8 Å². The lowest BCUT2D eigenvalue weighted by Gasteiger charge is -2.27. The second-order valence-electron chi connectivity index (χ2n) is 6.17. The van der Waals surface area contributed by atoms with E-state index in [0.717, 1.165) is 48.5 Å². The molecule has 24 heavy (non-hydrogen) atoms. The Bertz CT molecular complexity index is 850. The minimum atomic E-state index is 0.162. The van der Waals surface area contributed by atoms with Crippen LogP contribution in [0.15, 0.2) is 48.7 Å². The number of likely N-dealkylation sites (tertiary alicyclic amines) is 1. The minimum Gasteiger partial charge on any atom is -0.341 e. The number of carbonyl (C=O) groups is 1. The summed E-state index contributed by atoms with van der Waals surface area (Å²) >= 11 is 0. The molecule has 1 fully saturated rings. The molecule has 3 aromatic rings. The lowest BCUT2D eigenvalue weighted by molar-refractivity contribution is -0.132. The van der Waals surface area contributed by atoms with Crippen molar-refractivity contribution in [3.63, 3.8) is 0 Å². The fourth-order valence-corrected chi connectivity index (χ4v) is 3.30. The fraction of sp³-hybridized carbons (Fsp3) is 0.316. The van der Waals surface area contributed by atoms with Crippen molar-refractivity contribution >= 4 is 16.9 Å². The van der Waals surface area contributed by atoms with E-state index in [1.807, 2.05) is 51.9 Å². The number of fused-ring (bicyclic) bond motifs is 1. The number of nitrogens with zero attached hydrogens (tertiary/aromatic N) is 4. The fourth-order valence-electron chi connectivity index (χ4n) is 3.30. The molecule has 0 unspecified atom stereocenters. The van der Waals surface area contributed by atoms with Crippen LogP contribution in [-0.2, 0) is 11.3 Å². The van der Waals surface area contributed by atoms with E-state index in [2.05, 4.69) is 4.98 Å². The molecule has 0 radical (unpaired) electrons. The molecule has 3 heterocycles. The van der Waals surface area contributed by atoms with Gasteiger partial charge in [-0.1, -0.05) is 18.2 Å². The minimum absolute atomic E-state index is 0.162. The molecule has 122 valence electrons. The van der Waals surface area contributed by atoms with Gasteiger partial charge in [0, 0.05) is 19.3 Å². The molecule has 1 aliphatic rings. The summed E-state index contributed by atoms with van der Waals surface area (Å²) in [6, 6.07) is 13.7. The molecule has 5 nitrogen and oxygen atoms in total. The number of amides is 1. The number of benzene rings is 1. The molecule has 0 bridgehead atoms. The van der Waals surface area contributed by atoms with Crippen LogP contribution in [0.25, 0.3) is 22.6 Å². The van der Waals surface area contributed by atoms with Gasteiger partial charge in [0.1, 0.15) is 12.2 Å². The van der Waals surface area contributed by atoms with Gasteiger partial charge in [0.2, 0.25) is 5.91 Å². The van der Waals surface area contributed by atoms with E-state index in [1.54, 1.807) is 6.20 Å². The second-order valence-corrected chi connectivity index (χ2v) is 6.17. The second kappa shape index (κ2) is 6.43. The number of piperidine rings is 1. The Kier molecular flexibility index (Phi) is 3.99. The molecule has 2 aromatic heterocycles. The third-order valence-corrected chi connectivity index (χ3v) is 4.55. The smallest absolute Gasteiger partial charge is 0.242 e. The standard InChI is InChI=1S/C19H20N4O/c24-18(22-12-6-1-7-13-22)14-23-17-10-3-2-8-15(17)21-19(23)16-9-4-5-11-20-16/h2-5,8-11H,1,6-7,12-14H2. The lowest BCUT2D eigenvalue weighted by atomic mass is 10.1. The summed E-state index contributed by atoms with van der Waals surface area (Å²) in [6.45, 7) is 2.04. The van der Waals surface area contributed by atoms with E-state index < -0.39 is 0 Å². The van der Waals surface area contributed by atoms with Crippen molar-refractivity contribution < 1.29 is 4.79 Å². The van der Waals surface area contributed by atoms with Gasteiger partial charge in [0.05, 0.1) is 11.0 Å². The van der Waals surface area contributed by atoms with Gasteiger partial charge in [-0.2, -0.15) is 0 Å². The van der Waals surface area contributed by atoms with E-state index in [0.29, 0.717) is 6.54 Å². The summed E-state index contributed by atoms with van der Waals surface area (Å²) < 4.78 is 1.99. The third kappa shape index (κ3) is 2.77. The van der Waals surface area contributed by atoms with E-state index in [-0.39, 0.29) is 5.91 Å². The van der Waals surface area contributed by atoms with Crippen LogP contribution >= 0.6 is 0 Å². The Hall–Kier alpha value is -2.69. The van der Waals surface area contributed by atoms with Crippen LogP contribution in [0.2, 0.25) is 0 Å².